The van der Waals surface area contributed by atoms with Crippen LogP contribution in [0, 0.1) is 0 Å². The zero-order valence-corrected chi connectivity index (χ0v) is 11.8. The Morgan fingerprint density at radius 3 is 0.625 bits per heavy atom. The van der Waals surface area contributed by atoms with Crippen molar-refractivity contribution >= 4 is 0 Å². The minimum Gasteiger partial charge on any atom is -0.381 e. The Bertz CT molecular complexity index is 74.8. The predicted octanol–water partition coefficient (Wildman–Crippen LogP) is 2.39. The van der Waals surface area contributed by atoms with Crippen molar-refractivity contribution < 1.29 is 35.9 Å². The molecule has 3 fully saturated rings. The van der Waals surface area contributed by atoms with Crippen LogP contribution in [0.5, 0.6) is 0 Å². The molecular formula is C12H24O3Ti. The van der Waals surface area contributed by atoms with Gasteiger partial charge in [0.05, 0.1) is 0 Å². The summed E-state index contributed by atoms with van der Waals surface area (Å²) in [6, 6.07) is 0. The standard InChI is InChI=1S/3C4H8O.Ti/c3*1-2-4-5-3-1;/h3*1-4H2;. The fourth-order valence-corrected chi connectivity index (χ4v) is 1.53. The largest absolute Gasteiger partial charge is 0.381 e. The Kier molecular flexibility index (Phi) is 14.2. The van der Waals surface area contributed by atoms with E-state index < -0.39 is 0 Å². The van der Waals surface area contributed by atoms with Gasteiger partial charge in [-0.1, -0.05) is 0 Å². The molecule has 0 unspecified atom stereocenters. The van der Waals surface area contributed by atoms with Gasteiger partial charge in [0, 0.05) is 61.4 Å². The van der Waals surface area contributed by atoms with Crippen LogP contribution >= 0.6 is 0 Å². The summed E-state index contributed by atoms with van der Waals surface area (Å²) in [6.45, 7) is 6.00. The molecule has 0 atom stereocenters. The SMILES string of the molecule is C1CCOC1.C1CCOC1.C1CCOC1.[Ti]. The van der Waals surface area contributed by atoms with E-state index in [-0.39, 0.29) is 21.7 Å². The summed E-state index contributed by atoms with van der Waals surface area (Å²) >= 11 is 0. The van der Waals surface area contributed by atoms with Crippen molar-refractivity contribution in [2.45, 2.75) is 38.5 Å². The molecule has 3 saturated heterocycles. The molecule has 3 nitrogen and oxygen atoms in total. The van der Waals surface area contributed by atoms with Gasteiger partial charge >= 0.3 is 0 Å². The summed E-state index contributed by atoms with van der Waals surface area (Å²) in [4.78, 5) is 0. The van der Waals surface area contributed by atoms with E-state index in [0.717, 1.165) is 39.6 Å². The van der Waals surface area contributed by atoms with Gasteiger partial charge in [0.2, 0.25) is 0 Å². The van der Waals surface area contributed by atoms with E-state index in [1.165, 1.54) is 38.5 Å². The quantitative estimate of drug-likeness (QED) is 0.629. The van der Waals surface area contributed by atoms with Crippen LogP contribution in [0.3, 0.4) is 0 Å². The molecule has 4 heteroatoms. The molecule has 3 rings (SSSR count). The first-order valence-electron chi connectivity index (χ1n) is 6.23. The van der Waals surface area contributed by atoms with Crippen molar-refractivity contribution in [3.63, 3.8) is 0 Å². The smallest absolute Gasteiger partial charge is 0.0466 e. The van der Waals surface area contributed by atoms with E-state index in [1.807, 2.05) is 0 Å². The Morgan fingerprint density at radius 1 is 0.375 bits per heavy atom. The molecule has 16 heavy (non-hydrogen) atoms. The third kappa shape index (κ3) is 11.1. The molecule has 0 N–H and O–H groups in total. The fraction of sp³-hybridized carbons (Fsp3) is 1.00. The molecule has 0 bridgehead atoms. The summed E-state index contributed by atoms with van der Waals surface area (Å²) in [6.07, 6.45) is 7.67. The van der Waals surface area contributed by atoms with Crippen LogP contribution in [0.2, 0.25) is 0 Å². The number of hydrogen-bond acceptors (Lipinski definition) is 3. The van der Waals surface area contributed by atoms with Gasteiger partial charge in [-0.2, -0.15) is 0 Å². The molecule has 0 aromatic carbocycles. The minimum absolute atomic E-state index is 0. The molecule has 3 heterocycles. The molecule has 0 amide bonds. The maximum absolute atomic E-state index is 4.94. The van der Waals surface area contributed by atoms with Crippen LogP contribution < -0.4 is 0 Å². The first-order chi connectivity index (χ1) is 7.50. The molecule has 0 aliphatic carbocycles. The molecule has 3 aliphatic rings. The molecule has 0 aromatic heterocycles. The molecule has 0 radical (unpaired) electrons. The number of ether oxygens (including phenoxy) is 3. The molecule has 0 spiro atoms. The second-order valence-corrected chi connectivity index (χ2v) is 3.96. The molecular weight excluding hydrogens is 240 g/mol. The van der Waals surface area contributed by atoms with Crippen LogP contribution in [-0.2, 0) is 35.9 Å². The Balaban J connectivity index is 0.000000205. The molecule has 94 valence electrons. The number of rotatable bonds is 0. The van der Waals surface area contributed by atoms with Crippen LogP contribution in [0.4, 0.5) is 0 Å². The van der Waals surface area contributed by atoms with Crippen molar-refractivity contribution in [3.8, 4) is 0 Å². The third-order valence-electron chi connectivity index (χ3n) is 2.48. The van der Waals surface area contributed by atoms with Crippen molar-refractivity contribution in [1.82, 2.24) is 0 Å². The summed E-state index contributed by atoms with van der Waals surface area (Å²) < 4.78 is 14.8. The average molecular weight is 264 g/mol. The average Bonchev–Trinajstić information content (AvgIpc) is 3.09. The monoisotopic (exact) mass is 264 g/mol. The Hall–Kier alpha value is 0.594. The van der Waals surface area contributed by atoms with Crippen molar-refractivity contribution in [2.24, 2.45) is 0 Å². The normalized spacial score (nSPS) is 22.5. The van der Waals surface area contributed by atoms with E-state index >= 15 is 0 Å². The summed E-state index contributed by atoms with van der Waals surface area (Å²) in [5.74, 6) is 0. The van der Waals surface area contributed by atoms with Gasteiger partial charge in [-0.15, -0.1) is 0 Å². The van der Waals surface area contributed by atoms with Crippen LogP contribution in [-0.4, -0.2) is 39.6 Å². The van der Waals surface area contributed by atoms with Crippen LogP contribution in [0.15, 0.2) is 0 Å². The van der Waals surface area contributed by atoms with Gasteiger partial charge < -0.3 is 14.2 Å². The maximum Gasteiger partial charge on any atom is 0.0466 e. The Morgan fingerprint density at radius 2 is 0.562 bits per heavy atom. The fourth-order valence-electron chi connectivity index (χ4n) is 1.53. The van der Waals surface area contributed by atoms with Gasteiger partial charge in [-0.25, -0.2) is 0 Å². The van der Waals surface area contributed by atoms with Gasteiger partial charge in [-0.05, 0) is 38.5 Å². The van der Waals surface area contributed by atoms with Crippen molar-refractivity contribution in [2.75, 3.05) is 39.6 Å². The zero-order valence-electron chi connectivity index (χ0n) is 10.2. The van der Waals surface area contributed by atoms with Crippen molar-refractivity contribution in [3.05, 3.63) is 0 Å². The van der Waals surface area contributed by atoms with Gasteiger partial charge in [0.1, 0.15) is 0 Å². The van der Waals surface area contributed by atoms with E-state index in [2.05, 4.69) is 0 Å². The van der Waals surface area contributed by atoms with E-state index in [0.29, 0.717) is 0 Å². The summed E-state index contributed by atoms with van der Waals surface area (Å²) in [5.41, 5.74) is 0. The molecule has 0 aromatic rings. The topological polar surface area (TPSA) is 27.7 Å². The molecule has 0 saturated carbocycles. The summed E-state index contributed by atoms with van der Waals surface area (Å²) in [5, 5.41) is 0. The second-order valence-electron chi connectivity index (χ2n) is 3.96. The maximum atomic E-state index is 4.94. The number of hydrogen-bond donors (Lipinski definition) is 0. The minimum atomic E-state index is 0. The van der Waals surface area contributed by atoms with Crippen molar-refractivity contribution in [1.29, 1.82) is 0 Å². The summed E-state index contributed by atoms with van der Waals surface area (Å²) in [7, 11) is 0. The first-order valence-corrected chi connectivity index (χ1v) is 6.23. The van der Waals surface area contributed by atoms with E-state index in [4.69, 9.17) is 14.2 Å². The van der Waals surface area contributed by atoms with Gasteiger partial charge in [-0.3, -0.25) is 0 Å². The zero-order chi connectivity index (χ0) is 10.6. The second kappa shape index (κ2) is 13.7. The van der Waals surface area contributed by atoms with Crippen LogP contribution in [0.25, 0.3) is 0 Å². The first kappa shape index (κ1) is 16.6. The molecule has 3 aliphatic heterocycles. The van der Waals surface area contributed by atoms with Crippen LogP contribution in [0.1, 0.15) is 38.5 Å². The van der Waals surface area contributed by atoms with E-state index in [9.17, 15) is 0 Å². The predicted molar refractivity (Wildman–Crippen MR) is 60.2 cm³/mol. The third-order valence-corrected chi connectivity index (χ3v) is 2.48. The van der Waals surface area contributed by atoms with Gasteiger partial charge in [0.25, 0.3) is 0 Å². The van der Waals surface area contributed by atoms with E-state index in [1.54, 1.807) is 0 Å². The van der Waals surface area contributed by atoms with Gasteiger partial charge in [0.15, 0.2) is 0 Å². The Labute approximate surface area is 114 Å².